The number of hydrogen-bond acceptors (Lipinski definition) is 0. The van der Waals surface area contributed by atoms with E-state index in [2.05, 4.69) is 47.9 Å². The second-order valence-electron chi connectivity index (χ2n) is 3.90. The van der Waals surface area contributed by atoms with Gasteiger partial charge in [-0.25, -0.2) is 0 Å². The molecule has 0 atom stereocenters. The van der Waals surface area contributed by atoms with E-state index in [0.717, 1.165) is 11.1 Å². The first kappa shape index (κ1) is 14.6. The van der Waals surface area contributed by atoms with Gasteiger partial charge in [0, 0.05) is 11.1 Å². The molecule has 0 radical (unpaired) electrons. The van der Waals surface area contributed by atoms with Gasteiger partial charge in [-0.2, -0.15) is 0 Å². The average Bonchev–Trinajstić information content (AvgIpc) is 2.41. The van der Waals surface area contributed by atoms with E-state index in [1.54, 1.807) is 0 Å². The van der Waals surface area contributed by atoms with Crippen molar-refractivity contribution in [1.82, 2.24) is 0 Å². The number of hydrogen-bond donors (Lipinski definition) is 0. The minimum atomic E-state index is 0. The first-order chi connectivity index (χ1) is 8.83. The second kappa shape index (κ2) is 7.10. The van der Waals surface area contributed by atoms with E-state index in [1.165, 1.54) is 11.1 Å². The molecule has 2 aromatic rings. The summed E-state index contributed by atoms with van der Waals surface area (Å²) >= 11 is 0. The van der Waals surface area contributed by atoms with Gasteiger partial charge in [-0.1, -0.05) is 43.5 Å². The molecule has 0 fully saturated rings. The highest BCUT2D eigenvalue weighted by molar-refractivity contribution is 5.65. The molecule has 0 nitrogen and oxygen atoms in total. The van der Waals surface area contributed by atoms with Crippen molar-refractivity contribution in [2.75, 3.05) is 0 Å². The minimum absolute atomic E-state index is 0. The molecular weight excluding hydrogens is 228 g/mol. The largest absolute Gasteiger partial charge is 0.101 e. The maximum atomic E-state index is 3.04. The quantitative estimate of drug-likeness (QED) is 0.638. The summed E-state index contributed by atoms with van der Waals surface area (Å²) in [6.45, 7) is 3.70. The third kappa shape index (κ3) is 3.77. The highest BCUT2D eigenvalue weighted by atomic mass is 14.0. The van der Waals surface area contributed by atoms with Crippen LogP contribution in [0.15, 0.2) is 48.5 Å². The summed E-state index contributed by atoms with van der Waals surface area (Å²) in [7, 11) is 0. The topological polar surface area (TPSA) is 0 Å². The van der Waals surface area contributed by atoms with Crippen LogP contribution in [-0.4, -0.2) is 0 Å². The van der Waals surface area contributed by atoms with Crippen LogP contribution in [-0.2, 0) is 0 Å². The van der Waals surface area contributed by atoms with Gasteiger partial charge < -0.3 is 0 Å². The molecule has 0 bridgehead atoms. The molecule has 0 aliphatic heterocycles. The lowest BCUT2D eigenvalue weighted by atomic mass is 10.0. The van der Waals surface area contributed by atoms with Crippen LogP contribution in [0.4, 0.5) is 0 Å². The summed E-state index contributed by atoms with van der Waals surface area (Å²) < 4.78 is 0. The molecule has 0 saturated heterocycles. The molecule has 2 rings (SSSR count). The number of benzene rings is 2. The van der Waals surface area contributed by atoms with Gasteiger partial charge in [-0.3, -0.25) is 0 Å². The Morgan fingerprint density at radius 2 is 0.895 bits per heavy atom. The maximum Gasteiger partial charge on any atom is 0.0245 e. The normalized spacial score (nSPS) is 8.32. The van der Waals surface area contributed by atoms with Crippen molar-refractivity contribution < 1.29 is 0 Å². The van der Waals surface area contributed by atoms with Gasteiger partial charge in [0.2, 0.25) is 0 Å². The summed E-state index contributed by atoms with van der Waals surface area (Å²) in [6, 6.07) is 16.6. The highest BCUT2D eigenvalue weighted by Gasteiger charge is 1.97. The Labute approximate surface area is 116 Å². The molecule has 0 saturated carbocycles. The molecule has 0 aromatic heterocycles. The van der Waals surface area contributed by atoms with Crippen molar-refractivity contribution in [3.8, 4) is 34.8 Å². The fraction of sp³-hybridized carbons (Fsp3) is 0.158. The monoisotopic (exact) mass is 246 g/mol. The van der Waals surface area contributed by atoms with E-state index in [-0.39, 0.29) is 7.43 Å². The smallest absolute Gasteiger partial charge is 0.0245 e. The Balaban J connectivity index is 0.00000180. The molecule has 0 aliphatic carbocycles. The van der Waals surface area contributed by atoms with Crippen LogP contribution in [0.1, 0.15) is 32.4 Å². The predicted octanol–water partition coefficient (Wildman–Crippen LogP) is 4.73. The zero-order chi connectivity index (χ0) is 12.8. The lowest BCUT2D eigenvalue weighted by Crippen LogP contribution is -1.80. The molecule has 0 spiro atoms. The lowest BCUT2D eigenvalue weighted by molar-refractivity contribution is 1.57. The molecule has 0 unspecified atom stereocenters. The third-order valence-electron chi connectivity index (χ3n) is 2.64. The standard InChI is InChI=1S/C18H14.CH4/c1-3-5-15-7-11-17(12-8-15)18-13-9-16(6-4-2)10-14-18;/h7-14H,1-2H3;1H4. The van der Waals surface area contributed by atoms with Crippen LogP contribution in [0, 0.1) is 23.7 Å². The number of rotatable bonds is 1. The Morgan fingerprint density at radius 3 is 1.16 bits per heavy atom. The van der Waals surface area contributed by atoms with Gasteiger partial charge in [0.05, 0.1) is 0 Å². The molecule has 2 aromatic carbocycles. The zero-order valence-electron chi connectivity index (χ0n) is 10.6. The predicted molar refractivity (Wildman–Crippen MR) is 83.7 cm³/mol. The fourth-order valence-corrected chi connectivity index (χ4v) is 1.78. The van der Waals surface area contributed by atoms with E-state index in [9.17, 15) is 0 Å². The Morgan fingerprint density at radius 1 is 0.579 bits per heavy atom. The Bertz CT molecular complexity index is 574. The van der Waals surface area contributed by atoms with Gasteiger partial charge in [-0.15, -0.1) is 11.8 Å². The first-order valence-corrected chi connectivity index (χ1v) is 5.89. The maximum absolute atomic E-state index is 3.04. The molecule has 0 heterocycles. The van der Waals surface area contributed by atoms with E-state index in [1.807, 2.05) is 38.1 Å². The zero-order valence-corrected chi connectivity index (χ0v) is 10.6. The van der Waals surface area contributed by atoms with Crippen molar-refractivity contribution in [2.45, 2.75) is 21.3 Å². The van der Waals surface area contributed by atoms with Crippen LogP contribution in [0.25, 0.3) is 11.1 Å². The lowest BCUT2D eigenvalue weighted by Gasteiger charge is -2.02. The molecule has 0 heteroatoms. The van der Waals surface area contributed by atoms with Crippen LogP contribution >= 0.6 is 0 Å². The molecule has 0 N–H and O–H groups in total. The molecule has 0 amide bonds. The van der Waals surface area contributed by atoms with E-state index in [0.29, 0.717) is 0 Å². The van der Waals surface area contributed by atoms with E-state index < -0.39 is 0 Å². The summed E-state index contributed by atoms with van der Waals surface area (Å²) in [5.41, 5.74) is 4.50. The van der Waals surface area contributed by atoms with E-state index in [4.69, 9.17) is 0 Å². The SMILES string of the molecule is C.CC#Cc1ccc(-c2ccc(C#CC)cc2)cc1. The fourth-order valence-electron chi connectivity index (χ4n) is 1.78. The molecule has 19 heavy (non-hydrogen) atoms. The van der Waals surface area contributed by atoms with Crippen LogP contribution in [0.3, 0.4) is 0 Å². The van der Waals surface area contributed by atoms with Gasteiger partial charge in [0.1, 0.15) is 0 Å². The average molecular weight is 246 g/mol. The summed E-state index contributed by atoms with van der Waals surface area (Å²) in [6.07, 6.45) is 0. The van der Waals surface area contributed by atoms with Crippen molar-refractivity contribution >= 4 is 0 Å². The van der Waals surface area contributed by atoms with Gasteiger partial charge in [0.15, 0.2) is 0 Å². The summed E-state index contributed by atoms with van der Waals surface area (Å²) in [5, 5.41) is 0. The van der Waals surface area contributed by atoms with Crippen LogP contribution in [0.2, 0.25) is 0 Å². The third-order valence-corrected chi connectivity index (χ3v) is 2.64. The van der Waals surface area contributed by atoms with Crippen LogP contribution < -0.4 is 0 Å². The summed E-state index contributed by atoms with van der Waals surface area (Å²) in [5.74, 6) is 11.9. The molecular formula is C19H18. The van der Waals surface area contributed by atoms with Crippen LogP contribution in [0.5, 0.6) is 0 Å². The molecule has 0 aliphatic rings. The van der Waals surface area contributed by atoms with Gasteiger partial charge >= 0.3 is 0 Å². The van der Waals surface area contributed by atoms with Crippen molar-refractivity contribution in [1.29, 1.82) is 0 Å². The van der Waals surface area contributed by atoms with Gasteiger partial charge in [0.25, 0.3) is 0 Å². The van der Waals surface area contributed by atoms with E-state index >= 15 is 0 Å². The second-order valence-corrected chi connectivity index (χ2v) is 3.90. The van der Waals surface area contributed by atoms with Gasteiger partial charge in [-0.05, 0) is 49.2 Å². The Hall–Kier alpha value is -2.44. The Kier molecular flexibility index (Phi) is 5.46. The first-order valence-electron chi connectivity index (χ1n) is 5.89. The van der Waals surface area contributed by atoms with Crippen molar-refractivity contribution in [2.24, 2.45) is 0 Å². The summed E-state index contributed by atoms with van der Waals surface area (Å²) in [4.78, 5) is 0. The molecule has 94 valence electrons. The van der Waals surface area contributed by atoms with Crippen molar-refractivity contribution in [3.05, 3.63) is 59.7 Å². The van der Waals surface area contributed by atoms with Crippen molar-refractivity contribution in [3.63, 3.8) is 0 Å². The minimum Gasteiger partial charge on any atom is -0.101 e. The highest BCUT2D eigenvalue weighted by Crippen LogP contribution is 2.20.